The third-order valence-electron chi connectivity index (χ3n) is 4.02. The van der Waals surface area contributed by atoms with Gasteiger partial charge in [-0.3, -0.25) is 10.1 Å². The number of amides is 1. The Kier molecular flexibility index (Phi) is 4.20. The summed E-state index contributed by atoms with van der Waals surface area (Å²) in [5, 5.41) is 10.6. The van der Waals surface area contributed by atoms with E-state index in [1.54, 1.807) is 4.68 Å². The third-order valence-corrected chi connectivity index (χ3v) is 4.02. The lowest BCUT2D eigenvalue weighted by Crippen LogP contribution is -2.27. The molecule has 1 aliphatic heterocycles. The number of carbonyl (C=O) groups is 1. The molecule has 6 heteroatoms. The van der Waals surface area contributed by atoms with E-state index in [4.69, 9.17) is 0 Å². The van der Waals surface area contributed by atoms with Gasteiger partial charge in [-0.1, -0.05) is 17.7 Å². The summed E-state index contributed by atoms with van der Waals surface area (Å²) in [6.45, 7) is 3.98. The van der Waals surface area contributed by atoms with Crippen molar-refractivity contribution in [2.24, 2.45) is 7.05 Å². The zero-order valence-electron chi connectivity index (χ0n) is 13.0. The van der Waals surface area contributed by atoms with Crippen LogP contribution in [0.2, 0.25) is 0 Å². The predicted molar refractivity (Wildman–Crippen MR) is 85.0 cm³/mol. The second kappa shape index (κ2) is 6.27. The molecule has 1 aromatic carbocycles. The number of aromatic nitrogens is 3. The quantitative estimate of drug-likeness (QED) is 0.907. The Morgan fingerprint density at radius 2 is 1.95 bits per heavy atom. The molecule has 2 heterocycles. The minimum atomic E-state index is -0.160. The number of carbonyl (C=O) groups excluding carboxylic acids is 1. The van der Waals surface area contributed by atoms with Crippen molar-refractivity contribution >= 4 is 11.9 Å². The van der Waals surface area contributed by atoms with Crippen LogP contribution in [-0.4, -0.2) is 33.8 Å². The van der Waals surface area contributed by atoms with Gasteiger partial charge in [0, 0.05) is 18.5 Å². The lowest BCUT2D eigenvalue weighted by atomic mass is 9.98. The van der Waals surface area contributed by atoms with Crippen LogP contribution in [0.3, 0.4) is 0 Å². The molecule has 0 atom stereocenters. The summed E-state index contributed by atoms with van der Waals surface area (Å²) in [5.74, 6) is 1.53. The van der Waals surface area contributed by atoms with Crippen LogP contribution in [0.4, 0.5) is 5.95 Å². The van der Waals surface area contributed by atoms with Crippen molar-refractivity contribution in [3.8, 4) is 0 Å². The van der Waals surface area contributed by atoms with E-state index in [9.17, 15) is 4.79 Å². The Hall–Kier alpha value is -2.21. The molecule has 0 bridgehead atoms. The average Bonchev–Trinajstić information content (AvgIpc) is 2.90. The molecule has 6 nitrogen and oxygen atoms in total. The Balaban J connectivity index is 1.73. The van der Waals surface area contributed by atoms with Gasteiger partial charge >= 0.3 is 0 Å². The monoisotopic (exact) mass is 299 g/mol. The standard InChI is InChI=1S/C16H21N5O/c1-11-3-5-13(6-4-11)15(22)19-16-18-14(20-21(16)2)12-7-9-17-10-8-12/h3-6,12,17H,7-10H2,1-2H3,(H,18,19,20,22). The maximum absolute atomic E-state index is 12.3. The lowest BCUT2D eigenvalue weighted by molar-refractivity contribution is 0.102. The van der Waals surface area contributed by atoms with Crippen molar-refractivity contribution in [1.82, 2.24) is 20.1 Å². The molecule has 116 valence electrons. The number of hydrogen-bond donors (Lipinski definition) is 2. The molecule has 0 saturated carbocycles. The summed E-state index contributed by atoms with van der Waals surface area (Å²) in [7, 11) is 1.81. The number of aryl methyl sites for hydroxylation is 2. The minimum absolute atomic E-state index is 0.160. The SMILES string of the molecule is Cc1ccc(C(=O)Nc2nc(C3CCNCC3)nn2C)cc1. The van der Waals surface area contributed by atoms with Crippen molar-refractivity contribution in [2.75, 3.05) is 18.4 Å². The van der Waals surface area contributed by atoms with E-state index in [1.807, 2.05) is 38.2 Å². The molecule has 1 aromatic heterocycles. The maximum Gasteiger partial charge on any atom is 0.258 e. The van der Waals surface area contributed by atoms with Gasteiger partial charge in [-0.15, -0.1) is 0 Å². The van der Waals surface area contributed by atoms with Gasteiger partial charge in [0.15, 0.2) is 5.82 Å². The number of hydrogen-bond acceptors (Lipinski definition) is 4. The van der Waals surface area contributed by atoms with E-state index in [0.29, 0.717) is 17.4 Å². The van der Waals surface area contributed by atoms with Crippen molar-refractivity contribution in [2.45, 2.75) is 25.7 Å². The van der Waals surface area contributed by atoms with Crippen LogP contribution in [-0.2, 0) is 7.05 Å². The zero-order valence-corrected chi connectivity index (χ0v) is 13.0. The number of benzene rings is 1. The van der Waals surface area contributed by atoms with Gasteiger partial charge in [0.25, 0.3) is 5.91 Å². The van der Waals surface area contributed by atoms with Crippen molar-refractivity contribution in [1.29, 1.82) is 0 Å². The second-order valence-electron chi connectivity index (χ2n) is 5.76. The number of rotatable bonds is 3. The highest BCUT2D eigenvalue weighted by Gasteiger charge is 2.21. The van der Waals surface area contributed by atoms with Crippen LogP contribution in [0.25, 0.3) is 0 Å². The molecule has 2 aromatic rings. The molecule has 1 fully saturated rings. The summed E-state index contributed by atoms with van der Waals surface area (Å²) in [4.78, 5) is 16.8. The smallest absolute Gasteiger partial charge is 0.258 e. The Morgan fingerprint density at radius 1 is 1.27 bits per heavy atom. The Bertz CT molecular complexity index is 656. The van der Waals surface area contributed by atoms with Crippen LogP contribution < -0.4 is 10.6 Å². The molecule has 0 spiro atoms. The fourth-order valence-corrected chi connectivity index (χ4v) is 2.64. The highest BCUT2D eigenvalue weighted by atomic mass is 16.1. The summed E-state index contributed by atoms with van der Waals surface area (Å²) in [5.41, 5.74) is 1.75. The molecule has 0 radical (unpaired) electrons. The first-order valence-corrected chi connectivity index (χ1v) is 7.63. The summed E-state index contributed by atoms with van der Waals surface area (Å²) >= 11 is 0. The molecule has 1 amide bonds. The van der Waals surface area contributed by atoms with Gasteiger partial charge in [0.1, 0.15) is 0 Å². The highest BCUT2D eigenvalue weighted by molar-refractivity contribution is 6.03. The Morgan fingerprint density at radius 3 is 2.64 bits per heavy atom. The van der Waals surface area contributed by atoms with E-state index in [-0.39, 0.29) is 5.91 Å². The van der Waals surface area contributed by atoms with Crippen LogP contribution in [0, 0.1) is 6.92 Å². The largest absolute Gasteiger partial charge is 0.317 e. The fourth-order valence-electron chi connectivity index (χ4n) is 2.64. The predicted octanol–water partition coefficient (Wildman–Crippen LogP) is 1.84. The van der Waals surface area contributed by atoms with E-state index in [2.05, 4.69) is 20.7 Å². The van der Waals surface area contributed by atoms with Crippen LogP contribution >= 0.6 is 0 Å². The second-order valence-corrected chi connectivity index (χ2v) is 5.76. The molecule has 0 unspecified atom stereocenters. The minimum Gasteiger partial charge on any atom is -0.317 e. The van der Waals surface area contributed by atoms with Gasteiger partial charge in [0.2, 0.25) is 5.95 Å². The van der Waals surface area contributed by atoms with Crippen LogP contribution in [0.15, 0.2) is 24.3 Å². The van der Waals surface area contributed by atoms with Gasteiger partial charge < -0.3 is 5.32 Å². The van der Waals surface area contributed by atoms with E-state index in [1.165, 1.54) is 0 Å². The van der Waals surface area contributed by atoms with E-state index in [0.717, 1.165) is 37.3 Å². The molecule has 1 aliphatic rings. The number of anilines is 1. The molecular formula is C16H21N5O. The summed E-state index contributed by atoms with van der Waals surface area (Å²) < 4.78 is 1.64. The summed E-state index contributed by atoms with van der Waals surface area (Å²) in [6.07, 6.45) is 2.07. The molecule has 2 N–H and O–H groups in total. The normalized spacial score (nSPS) is 15.7. The molecular weight excluding hydrogens is 278 g/mol. The number of nitrogens with zero attached hydrogens (tertiary/aromatic N) is 3. The van der Waals surface area contributed by atoms with Crippen molar-refractivity contribution in [3.63, 3.8) is 0 Å². The zero-order chi connectivity index (χ0) is 15.5. The number of piperidine rings is 1. The van der Waals surface area contributed by atoms with Gasteiger partial charge in [0.05, 0.1) is 0 Å². The van der Waals surface area contributed by atoms with Crippen LogP contribution in [0.1, 0.15) is 40.5 Å². The topological polar surface area (TPSA) is 71.8 Å². The van der Waals surface area contributed by atoms with Gasteiger partial charge in [-0.25, -0.2) is 4.68 Å². The first-order chi connectivity index (χ1) is 10.6. The highest BCUT2D eigenvalue weighted by Crippen LogP contribution is 2.23. The summed E-state index contributed by atoms with van der Waals surface area (Å²) in [6, 6.07) is 7.47. The molecule has 0 aliphatic carbocycles. The van der Waals surface area contributed by atoms with E-state index >= 15 is 0 Å². The fraction of sp³-hybridized carbons (Fsp3) is 0.438. The van der Waals surface area contributed by atoms with Crippen molar-refractivity contribution in [3.05, 3.63) is 41.2 Å². The molecule has 1 saturated heterocycles. The van der Waals surface area contributed by atoms with E-state index < -0.39 is 0 Å². The average molecular weight is 299 g/mol. The Labute approximate surface area is 129 Å². The first kappa shape index (κ1) is 14.7. The first-order valence-electron chi connectivity index (χ1n) is 7.63. The number of nitrogens with one attached hydrogen (secondary N) is 2. The van der Waals surface area contributed by atoms with Gasteiger partial charge in [-0.2, -0.15) is 10.1 Å². The molecule has 22 heavy (non-hydrogen) atoms. The molecule has 3 rings (SSSR count). The van der Waals surface area contributed by atoms with Gasteiger partial charge in [-0.05, 0) is 45.0 Å². The maximum atomic E-state index is 12.3. The van der Waals surface area contributed by atoms with Crippen LogP contribution in [0.5, 0.6) is 0 Å². The third kappa shape index (κ3) is 3.17. The lowest BCUT2D eigenvalue weighted by Gasteiger charge is -2.19. The van der Waals surface area contributed by atoms with Crippen molar-refractivity contribution < 1.29 is 4.79 Å².